The number of fused-ring (bicyclic) bond motifs is 2. The van der Waals surface area contributed by atoms with Crippen molar-refractivity contribution < 1.29 is 4.79 Å². The second kappa shape index (κ2) is 6.06. The predicted octanol–water partition coefficient (Wildman–Crippen LogP) is 2.94. The van der Waals surface area contributed by atoms with Gasteiger partial charge in [-0.3, -0.25) is 4.79 Å². The van der Waals surface area contributed by atoms with Crippen LogP contribution in [0.4, 0.5) is 0 Å². The fourth-order valence-electron chi connectivity index (χ4n) is 3.76. The molecule has 2 saturated heterocycles. The van der Waals surface area contributed by atoms with Crippen LogP contribution in [0.2, 0.25) is 0 Å². The summed E-state index contributed by atoms with van der Waals surface area (Å²) < 4.78 is 0. The third-order valence-electron chi connectivity index (χ3n) is 4.91. The highest BCUT2D eigenvalue weighted by Crippen LogP contribution is 2.30. The first kappa shape index (κ1) is 14.8. The average molecular weight is 327 g/mol. The van der Waals surface area contributed by atoms with Gasteiger partial charge < -0.3 is 10.2 Å². The van der Waals surface area contributed by atoms with E-state index in [9.17, 15) is 4.79 Å². The van der Waals surface area contributed by atoms with Crippen LogP contribution in [0.15, 0.2) is 30.5 Å². The summed E-state index contributed by atoms with van der Waals surface area (Å²) >= 11 is 1.48. The average Bonchev–Trinajstić information content (AvgIpc) is 3.15. The van der Waals surface area contributed by atoms with Crippen LogP contribution in [-0.2, 0) is 0 Å². The Labute approximate surface area is 140 Å². The smallest absolute Gasteiger partial charge is 0.280 e. The largest absolute Gasteiger partial charge is 0.346 e. The zero-order valence-electron chi connectivity index (χ0n) is 13.3. The summed E-state index contributed by atoms with van der Waals surface area (Å²) in [6.07, 6.45) is 4.20. The molecule has 2 fully saturated rings. The monoisotopic (exact) mass is 327 g/mol. The van der Waals surface area contributed by atoms with Crippen LogP contribution in [-0.4, -0.2) is 41.5 Å². The Hall–Kier alpha value is -1.72. The number of carbonyl (C=O) groups is 1. The number of amides is 1. The second-order valence-corrected chi connectivity index (χ2v) is 7.70. The molecule has 1 amide bonds. The number of aromatic nitrogens is 1. The van der Waals surface area contributed by atoms with Crippen molar-refractivity contribution in [1.82, 2.24) is 15.2 Å². The fourth-order valence-corrected chi connectivity index (χ4v) is 4.67. The van der Waals surface area contributed by atoms with Crippen molar-refractivity contribution in [3.05, 3.63) is 41.0 Å². The van der Waals surface area contributed by atoms with Gasteiger partial charge in [0.1, 0.15) is 0 Å². The van der Waals surface area contributed by atoms with Crippen LogP contribution < -0.4 is 5.32 Å². The molecule has 120 valence electrons. The fraction of sp³-hybridized carbons (Fsp3) is 0.444. The van der Waals surface area contributed by atoms with Crippen molar-refractivity contribution in [2.45, 2.75) is 25.8 Å². The number of hydrogen-bond acceptors (Lipinski definition) is 4. The number of hydrogen-bond donors (Lipinski definition) is 1. The van der Waals surface area contributed by atoms with E-state index >= 15 is 0 Å². The van der Waals surface area contributed by atoms with Gasteiger partial charge in [0.05, 0.1) is 4.88 Å². The Morgan fingerprint density at radius 2 is 2.22 bits per heavy atom. The van der Waals surface area contributed by atoms with Crippen LogP contribution in [0.1, 0.15) is 28.2 Å². The van der Waals surface area contributed by atoms with Gasteiger partial charge in [0.25, 0.3) is 5.91 Å². The maximum atomic E-state index is 12.5. The highest BCUT2D eigenvalue weighted by molar-refractivity contribution is 7.17. The Bertz CT molecular complexity index is 715. The summed E-state index contributed by atoms with van der Waals surface area (Å²) in [7, 11) is 0. The summed E-state index contributed by atoms with van der Waals surface area (Å²) in [5, 5.41) is 3.75. The van der Waals surface area contributed by atoms with Gasteiger partial charge in [-0.25, -0.2) is 4.98 Å². The van der Waals surface area contributed by atoms with E-state index in [4.69, 9.17) is 0 Å². The Morgan fingerprint density at radius 1 is 1.35 bits per heavy atom. The summed E-state index contributed by atoms with van der Waals surface area (Å²) in [5.74, 6) is 0.732. The number of nitrogens with one attached hydrogen (secondary N) is 1. The summed E-state index contributed by atoms with van der Waals surface area (Å²) in [5.41, 5.74) is 2.37. The number of benzene rings is 1. The molecule has 2 aromatic rings. The van der Waals surface area contributed by atoms with Gasteiger partial charge in [0, 0.05) is 25.3 Å². The Morgan fingerprint density at radius 3 is 3.04 bits per heavy atom. The van der Waals surface area contributed by atoms with Crippen molar-refractivity contribution in [2.75, 3.05) is 19.6 Å². The molecule has 2 aliphatic rings. The standard InChI is InChI=1S/C18H21N3OS/c1-12-4-2-3-5-15(12)16-9-19-18(23-16)17(22)20-14-8-13-6-7-21(10-13)11-14/h2-5,9,13-14H,6-8,10-11H2,1H3,(H,20,22). The molecule has 2 aliphatic heterocycles. The Kier molecular flexibility index (Phi) is 3.91. The molecule has 1 aromatic carbocycles. The Balaban J connectivity index is 1.46. The summed E-state index contributed by atoms with van der Waals surface area (Å²) in [4.78, 5) is 20.4. The SMILES string of the molecule is Cc1ccccc1-c1cnc(C(=O)NC2CC3CCN(C3)C2)s1. The van der Waals surface area contributed by atoms with Crippen LogP contribution >= 0.6 is 11.3 Å². The highest BCUT2D eigenvalue weighted by atomic mass is 32.1. The van der Waals surface area contributed by atoms with Crippen LogP contribution in [0, 0.1) is 12.8 Å². The minimum atomic E-state index is -0.0256. The maximum absolute atomic E-state index is 12.5. The van der Waals surface area contributed by atoms with E-state index in [0.29, 0.717) is 5.01 Å². The first-order chi connectivity index (χ1) is 11.2. The third-order valence-corrected chi connectivity index (χ3v) is 5.94. The maximum Gasteiger partial charge on any atom is 0.280 e. The molecule has 0 saturated carbocycles. The molecule has 5 heteroatoms. The number of thiazole rings is 1. The van der Waals surface area contributed by atoms with E-state index < -0.39 is 0 Å². The number of carbonyl (C=O) groups excluding carboxylic acids is 1. The molecule has 3 unspecified atom stereocenters. The van der Waals surface area contributed by atoms with E-state index in [2.05, 4.69) is 34.3 Å². The number of nitrogens with zero attached hydrogens (tertiary/aromatic N) is 2. The first-order valence-corrected chi connectivity index (χ1v) is 9.06. The quantitative estimate of drug-likeness (QED) is 0.943. The van der Waals surface area contributed by atoms with Crippen LogP contribution in [0.5, 0.6) is 0 Å². The lowest BCUT2D eigenvalue weighted by Crippen LogP contribution is -2.46. The van der Waals surface area contributed by atoms with Crippen LogP contribution in [0.3, 0.4) is 0 Å². The second-order valence-electron chi connectivity index (χ2n) is 6.66. The van der Waals surface area contributed by atoms with Crippen molar-refractivity contribution in [3.8, 4) is 10.4 Å². The molecule has 0 aliphatic carbocycles. The lowest BCUT2D eigenvalue weighted by molar-refractivity contribution is 0.0909. The molecule has 0 spiro atoms. The molecule has 0 radical (unpaired) electrons. The minimum Gasteiger partial charge on any atom is -0.346 e. The van der Waals surface area contributed by atoms with Gasteiger partial charge in [-0.15, -0.1) is 11.3 Å². The van der Waals surface area contributed by atoms with Gasteiger partial charge >= 0.3 is 0 Å². The number of aryl methyl sites for hydroxylation is 1. The molecule has 23 heavy (non-hydrogen) atoms. The van der Waals surface area contributed by atoms with E-state index in [1.165, 1.54) is 36.4 Å². The summed E-state index contributed by atoms with van der Waals surface area (Å²) in [6.45, 7) is 5.46. The van der Waals surface area contributed by atoms with E-state index in [1.807, 2.05) is 18.3 Å². The molecule has 3 heterocycles. The van der Waals surface area contributed by atoms with Gasteiger partial charge in [0.2, 0.25) is 0 Å². The number of rotatable bonds is 3. The van der Waals surface area contributed by atoms with Crippen molar-refractivity contribution in [1.29, 1.82) is 0 Å². The molecular formula is C18H21N3OS. The van der Waals surface area contributed by atoms with Gasteiger partial charge in [0.15, 0.2) is 5.01 Å². The van der Waals surface area contributed by atoms with Crippen molar-refractivity contribution in [3.63, 3.8) is 0 Å². The first-order valence-electron chi connectivity index (χ1n) is 8.24. The van der Waals surface area contributed by atoms with Crippen LogP contribution in [0.25, 0.3) is 10.4 Å². The van der Waals surface area contributed by atoms with Gasteiger partial charge in [-0.1, -0.05) is 24.3 Å². The normalized spacial score (nSPS) is 26.2. The van der Waals surface area contributed by atoms with E-state index in [0.717, 1.165) is 29.3 Å². The predicted molar refractivity (Wildman–Crippen MR) is 92.7 cm³/mol. The van der Waals surface area contributed by atoms with Gasteiger partial charge in [-0.05, 0) is 43.4 Å². The third kappa shape index (κ3) is 3.03. The lowest BCUT2D eigenvalue weighted by Gasteiger charge is -2.30. The highest BCUT2D eigenvalue weighted by Gasteiger charge is 2.33. The molecule has 1 aromatic heterocycles. The zero-order chi connectivity index (χ0) is 15.8. The molecular weight excluding hydrogens is 306 g/mol. The molecule has 2 bridgehead atoms. The molecule has 4 nitrogen and oxygen atoms in total. The topological polar surface area (TPSA) is 45.2 Å². The number of piperidine rings is 1. The zero-order valence-corrected chi connectivity index (χ0v) is 14.1. The summed E-state index contributed by atoms with van der Waals surface area (Å²) in [6, 6.07) is 8.49. The van der Waals surface area contributed by atoms with E-state index in [-0.39, 0.29) is 11.9 Å². The molecule has 3 atom stereocenters. The lowest BCUT2D eigenvalue weighted by atomic mass is 9.97. The van der Waals surface area contributed by atoms with Crippen molar-refractivity contribution in [2.24, 2.45) is 5.92 Å². The van der Waals surface area contributed by atoms with Gasteiger partial charge in [-0.2, -0.15) is 0 Å². The molecule has 1 N–H and O–H groups in total. The van der Waals surface area contributed by atoms with Crippen molar-refractivity contribution >= 4 is 17.2 Å². The molecule has 4 rings (SSSR count). The van der Waals surface area contributed by atoms with E-state index in [1.54, 1.807) is 0 Å². The minimum absolute atomic E-state index is 0.0256.